The molecule has 152 valence electrons. The van der Waals surface area contributed by atoms with Gasteiger partial charge in [0.25, 0.3) is 0 Å². The molecule has 0 spiro atoms. The van der Waals surface area contributed by atoms with E-state index in [1.165, 1.54) is 5.56 Å². The summed E-state index contributed by atoms with van der Waals surface area (Å²) in [6.45, 7) is 5.64. The van der Waals surface area contributed by atoms with Crippen molar-refractivity contribution >= 4 is 29.3 Å². The van der Waals surface area contributed by atoms with Gasteiger partial charge in [0.05, 0.1) is 30.5 Å². The van der Waals surface area contributed by atoms with Crippen LogP contribution in [-0.4, -0.2) is 53.4 Å². The lowest BCUT2D eigenvalue weighted by atomic mass is 10.2. The molecule has 1 fully saturated rings. The van der Waals surface area contributed by atoms with Crippen LogP contribution in [0, 0.1) is 6.92 Å². The van der Waals surface area contributed by atoms with Crippen LogP contribution in [0.1, 0.15) is 5.56 Å². The van der Waals surface area contributed by atoms with Gasteiger partial charge in [0.1, 0.15) is 5.75 Å². The van der Waals surface area contributed by atoms with Gasteiger partial charge < -0.3 is 14.4 Å². The van der Waals surface area contributed by atoms with E-state index < -0.39 is 0 Å². The summed E-state index contributed by atoms with van der Waals surface area (Å²) in [6, 6.07) is 15.9. The van der Waals surface area contributed by atoms with Crippen molar-refractivity contribution in [1.82, 2.24) is 14.8 Å². The summed E-state index contributed by atoms with van der Waals surface area (Å²) < 4.78 is 13.4. The number of hydrogen-bond donors (Lipinski definition) is 0. The summed E-state index contributed by atoms with van der Waals surface area (Å²) in [5.74, 6) is 2.29. The zero-order valence-electron chi connectivity index (χ0n) is 16.3. The molecule has 0 saturated carbocycles. The minimum absolute atomic E-state index is 0.530. The van der Waals surface area contributed by atoms with Crippen molar-refractivity contribution in [2.45, 2.75) is 12.1 Å². The monoisotopic (exact) mass is 430 g/mol. The van der Waals surface area contributed by atoms with E-state index in [-0.39, 0.29) is 0 Å². The first-order chi connectivity index (χ1) is 14.2. The molecule has 6 nitrogen and oxygen atoms in total. The number of ether oxygens (including phenoxy) is 2. The topological polar surface area (TPSA) is 52.4 Å². The lowest BCUT2D eigenvalue weighted by Gasteiger charge is -2.28. The number of anilines is 1. The molecule has 2 aromatic carbocycles. The maximum atomic E-state index is 6.15. The Balaban J connectivity index is 1.50. The fourth-order valence-corrected chi connectivity index (χ4v) is 4.04. The number of aromatic nitrogens is 3. The van der Waals surface area contributed by atoms with Crippen LogP contribution in [0.2, 0.25) is 5.02 Å². The van der Waals surface area contributed by atoms with Crippen LogP contribution < -0.4 is 9.64 Å². The summed E-state index contributed by atoms with van der Waals surface area (Å²) in [5.41, 5.74) is 2.27. The number of halogens is 1. The lowest BCUT2D eigenvalue weighted by Crippen LogP contribution is -2.37. The second-order valence-electron chi connectivity index (χ2n) is 6.68. The number of morpholine rings is 1. The summed E-state index contributed by atoms with van der Waals surface area (Å²) in [6.07, 6.45) is 0. The number of hydrogen-bond acceptors (Lipinski definition) is 6. The van der Waals surface area contributed by atoms with Crippen molar-refractivity contribution in [2.75, 3.05) is 43.6 Å². The molecule has 8 heteroatoms. The van der Waals surface area contributed by atoms with Crippen LogP contribution in [0.25, 0.3) is 5.69 Å². The van der Waals surface area contributed by atoms with Crippen molar-refractivity contribution in [3.05, 3.63) is 59.1 Å². The Morgan fingerprint density at radius 1 is 1.07 bits per heavy atom. The fourth-order valence-electron chi connectivity index (χ4n) is 3.09. The first kappa shape index (κ1) is 20.1. The SMILES string of the molecule is Cc1ccc(-n2c(SCCOc3ccccc3Cl)nnc2N2CCOCC2)cc1. The van der Waals surface area contributed by atoms with Gasteiger partial charge in [-0.25, -0.2) is 0 Å². The predicted octanol–water partition coefficient (Wildman–Crippen LogP) is 4.24. The minimum Gasteiger partial charge on any atom is -0.491 e. The molecule has 0 radical (unpaired) electrons. The normalized spacial score (nSPS) is 14.2. The number of rotatable bonds is 7. The first-order valence-corrected chi connectivity index (χ1v) is 10.9. The molecule has 2 heterocycles. The zero-order valence-corrected chi connectivity index (χ0v) is 17.8. The van der Waals surface area contributed by atoms with Crippen LogP contribution in [-0.2, 0) is 4.74 Å². The standard InChI is InChI=1S/C21H23ClN4O2S/c1-16-6-8-17(9-7-16)26-20(25-10-12-27-13-11-25)23-24-21(26)29-15-14-28-19-5-3-2-4-18(19)22/h2-9H,10-15H2,1H3. The van der Waals surface area contributed by atoms with Gasteiger partial charge in [-0.05, 0) is 31.2 Å². The number of aryl methyl sites for hydroxylation is 1. The zero-order chi connectivity index (χ0) is 20.1. The smallest absolute Gasteiger partial charge is 0.232 e. The average Bonchev–Trinajstić information content (AvgIpc) is 3.17. The van der Waals surface area contributed by atoms with Crippen LogP contribution in [0.3, 0.4) is 0 Å². The number of thioether (sulfide) groups is 1. The van der Waals surface area contributed by atoms with E-state index in [1.54, 1.807) is 11.8 Å². The van der Waals surface area contributed by atoms with Gasteiger partial charge in [0, 0.05) is 18.8 Å². The molecule has 1 aromatic heterocycles. The van der Waals surface area contributed by atoms with Gasteiger partial charge in [0.2, 0.25) is 5.95 Å². The molecule has 0 aliphatic carbocycles. The van der Waals surface area contributed by atoms with Crippen LogP contribution >= 0.6 is 23.4 Å². The Kier molecular flexibility index (Phi) is 6.59. The van der Waals surface area contributed by atoms with E-state index >= 15 is 0 Å². The predicted molar refractivity (Wildman–Crippen MR) is 117 cm³/mol. The van der Waals surface area contributed by atoms with E-state index in [4.69, 9.17) is 21.1 Å². The molecule has 0 amide bonds. The number of benzene rings is 2. The van der Waals surface area contributed by atoms with Crippen molar-refractivity contribution in [2.24, 2.45) is 0 Å². The molecular weight excluding hydrogens is 408 g/mol. The summed E-state index contributed by atoms with van der Waals surface area (Å²) in [4.78, 5) is 2.22. The molecule has 1 aliphatic heterocycles. The maximum Gasteiger partial charge on any atom is 0.232 e. The summed E-state index contributed by atoms with van der Waals surface area (Å²) >= 11 is 7.77. The highest BCUT2D eigenvalue weighted by Crippen LogP contribution is 2.28. The molecule has 0 unspecified atom stereocenters. The average molecular weight is 431 g/mol. The molecule has 29 heavy (non-hydrogen) atoms. The highest BCUT2D eigenvalue weighted by Gasteiger charge is 2.21. The van der Waals surface area contributed by atoms with Crippen LogP contribution in [0.5, 0.6) is 5.75 Å². The van der Waals surface area contributed by atoms with E-state index in [0.29, 0.717) is 30.6 Å². The number of para-hydroxylation sites is 1. The first-order valence-electron chi connectivity index (χ1n) is 9.57. The molecule has 0 N–H and O–H groups in total. The van der Waals surface area contributed by atoms with E-state index in [1.807, 2.05) is 24.3 Å². The molecule has 4 rings (SSSR count). The molecule has 1 aliphatic rings. The Bertz CT molecular complexity index is 942. The van der Waals surface area contributed by atoms with Gasteiger partial charge in [-0.1, -0.05) is 53.2 Å². The highest BCUT2D eigenvalue weighted by atomic mass is 35.5. The van der Waals surface area contributed by atoms with Crippen molar-refractivity contribution in [3.8, 4) is 11.4 Å². The molecule has 1 saturated heterocycles. The number of nitrogens with zero attached hydrogens (tertiary/aromatic N) is 4. The van der Waals surface area contributed by atoms with E-state index in [9.17, 15) is 0 Å². The Hall–Kier alpha value is -2.22. The third-order valence-electron chi connectivity index (χ3n) is 4.61. The third kappa shape index (κ3) is 4.86. The minimum atomic E-state index is 0.530. The molecule has 0 bridgehead atoms. The van der Waals surface area contributed by atoms with Gasteiger partial charge in [-0.2, -0.15) is 0 Å². The largest absolute Gasteiger partial charge is 0.491 e. The summed E-state index contributed by atoms with van der Waals surface area (Å²) in [7, 11) is 0. The second-order valence-corrected chi connectivity index (χ2v) is 8.15. The Labute approximate surface area is 179 Å². The fraction of sp³-hybridized carbons (Fsp3) is 0.333. The van der Waals surface area contributed by atoms with Gasteiger partial charge >= 0.3 is 0 Å². The van der Waals surface area contributed by atoms with Gasteiger partial charge in [0.15, 0.2) is 5.16 Å². The van der Waals surface area contributed by atoms with Crippen molar-refractivity contribution < 1.29 is 9.47 Å². The lowest BCUT2D eigenvalue weighted by molar-refractivity contribution is 0.122. The van der Waals surface area contributed by atoms with E-state index in [0.717, 1.165) is 35.6 Å². The highest BCUT2D eigenvalue weighted by molar-refractivity contribution is 7.99. The second kappa shape index (κ2) is 9.52. The third-order valence-corrected chi connectivity index (χ3v) is 5.82. The molecule has 0 atom stereocenters. The van der Waals surface area contributed by atoms with Crippen LogP contribution in [0.4, 0.5) is 5.95 Å². The quantitative estimate of drug-likeness (QED) is 0.413. The molecular formula is C21H23ClN4O2S. The Morgan fingerprint density at radius 3 is 2.59 bits per heavy atom. The van der Waals surface area contributed by atoms with Crippen molar-refractivity contribution in [3.63, 3.8) is 0 Å². The maximum absolute atomic E-state index is 6.15. The molecule has 3 aromatic rings. The Morgan fingerprint density at radius 2 is 1.83 bits per heavy atom. The summed E-state index contributed by atoms with van der Waals surface area (Å²) in [5, 5.41) is 10.4. The van der Waals surface area contributed by atoms with Crippen molar-refractivity contribution in [1.29, 1.82) is 0 Å². The van der Waals surface area contributed by atoms with Gasteiger partial charge in [-0.3, -0.25) is 4.57 Å². The van der Waals surface area contributed by atoms with E-state index in [2.05, 4.69) is 50.9 Å². The van der Waals surface area contributed by atoms with Gasteiger partial charge in [-0.15, -0.1) is 10.2 Å². The van der Waals surface area contributed by atoms with Crippen LogP contribution in [0.15, 0.2) is 53.7 Å².